The van der Waals surface area contributed by atoms with E-state index in [4.69, 9.17) is 0 Å². The van der Waals surface area contributed by atoms with Gasteiger partial charge in [-0.25, -0.2) is 0 Å². The molecular formula is C13H28N4O. The summed E-state index contributed by atoms with van der Waals surface area (Å²) in [6, 6.07) is 0.176. The van der Waals surface area contributed by atoms with Crippen LogP contribution in [-0.4, -0.2) is 74.1 Å². The Kier molecular flexibility index (Phi) is 5.56. The molecule has 0 aromatic heterocycles. The van der Waals surface area contributed by atoms with Crippen molar-refractivity contribution in [2.45, 2.75) is 32.4 Å². The molecule has 18 heavy (non-hydrogen) atoms. The number of hydrogen-bond donors (Lipinski definition) is 2. The number of hydrogen-bond acceptors (Lipinski definition) is 4. The van der Waals surface area contributed by atoms with E-state index in [2.05, 4.69) is 20.4 Å². The van der Waals surface area contributed by atoms with Crippen molar-refractivity contribution >= 4 is 5.91 Å². The van der Waals surface area contributed by atoms with Gasteiger partial charge in [0.05, 0.1) is 5.54 Å². The Morgan fingerprint density at radius 3 is 2.44 bits per heavy atom. The van der Waals surface area contributed by atoms with Gasteiger partial charge in [0.2, 0.25) is 5.91 Å². The van der Waals surface area contributed by atoms with Crippen molar-refractivity contribution in [2.24, 2.45) is 0 Å². The van der Waals surface area contributed by atoms with E-state index in [1.807, 2.05) is 34.9 Å². The lowest BCUT2D eigenvalue weighted by Gasteiger charge is -2.40. The molecule has 1 amide bonds. The first kappa shape index (κ1) is 15.4. The third kappa shape index (κ3) is 4.23. The Morgan fingerprint density at radius 1 is 1.39 bits per heavy atom. The summed E-state index contributed by atoms with van der Waals surface area (Å²) < 4.78 is 0. The van der Waals surface area contributed by atoms with Crippen molar-refractivity contribution in [3.8, 4) is 0 Å². The molecule has 1 fully saturated rings. The lowest BCUT2D eigenvalue weighted by atomic mass is 10.00. The second kappa shape index (κ2) is 6.50. The van der Waals surface area contributed by atoms with Crippen molar-refractivity contribution in [1.82, 2.24) is 20.4 Å². The summed E-state index contributed by atoms with van der Waals surface area (Å²) in [7, 11) is 4.04. The number of amides is 1. The molecule has 1 unspecified atom stereocenters. The average molecular weight is 256 g/mol. The molecule has 1 rings (SSSR count). The molecule has 5 nitrogen and oxygen atoms in total. The second-order valence-electron chi connectivity index (χ2n) is 5.93. The Labute approximate surface area is 111 Å². The standard InChI is InChI=1S/C13H28N4O/c1-11(10-16(4)5)15-12(18)13(2,3)17-8-6-14-7-9-17/h11,14H,6-10H2,1-5H3,(H,15,18). The van der Waals surface area contributed by atoms with Crippen molar-refractivity contribution in [2.75, 3.05) is 46.8 Å². The van der Waals surface area contributed by atoms with E-state index >= 15 is 0 Å². The minimum atomic E-state index is -0.428. The molecule has 1 aliphatic rings. The van der Waals surface area contributed by atoms with E-state index in [-0.39, 0.29) is 11.9 Å². The van der Waals surface area contributed by atoms with Gasteiger partial charge in [-0.15, -0.1) is 0 Å². The lowest BCUT2D eigenvalue weighted by molar-refractivity contribution is -0.132. The summed E-state index contributed by atoms with van der Waals surface area (Å²) >= 11 is 0. The Balaban J connectivity index is 2.52. The first-order valence-electron chi connectivity index (χ1n) is 6.75. The summed E-state index contributed by atoms with van der Waals surface area (Å²) in [5.41, 5.74) is -0.428. The van der Waals surface area contributed by atoms with Gasteiger partial charge in [0.15, 0.2) is 0 Å². The first-order chi connectivity index (χ1) is 8.34. The van der Waals surface area contributed by atoms with Crippen LogP contribution in [0.3, 0.4) is 0 Å². The van der Waals surface area contributed by atoms with E-state index in [1.165, 1.54) is 0 Å². The molecule has 5 heteroatoms. The summed E-state index contributed by atoms with van der Waals surface area (Å²) in [5, 5.41) is 6.42. The van der Waals surface area contributed by atoms with E-state index in [0.717, 1.165) is 32.7 Å². The molecule has 0 aliphatic carbocycles. The topological polar surface area (TPSA) is 47.6 Å². The van der Waals surface area contributed by atoms with Crippen molar-refractivity contribution in [3.05, 3.63) is 0 Å². The molecule has 0 radical (unpaired) electrons. The predicted molar refractivity (Wildman–Crippen MR) is 74.7 cm³/mol. The molecular weight excluding hydrogens is 228 g/mol. The number of piperazine rings is 1. The fourth-order valence-electron chi connectivity index (χ4n) is 2.36. The van der Waals surface area contributed by atoms with Crippen molar-refractivity contribution in [3.63, 3.8) is 0 Å². The molecule has 2 N–H and O–H groups in total. The molecule has 0 aromatic carbocycles. The Hall–Kier alpha value is -0.650. The summed E-state index contributed by atoms with van der Waals surface area (Å²) in [6.45, 7) is 10.7. The zero-order valence-electron chi connectivity index (χ0n) is 12.4. The zero-order chi connectivity index (χ0) is 13.8. The molecule has 1 atom stereocenters. The van der Waals surface area contributed by atoms with Gasteiger partial charge in [-0.2, -0.15) is 0 Å². The lowest BCUT2D eigenvalue weighted by Crippen LogP contribution is -2.61. The number of carbonyl (C=O) groups excluding carboxylic acids is 1. The van der Waals surface area contributed by atoms with Gasteiger partial charge in [-0.05, 0) is 34.9 Å². The van der Waals surface area contributed by atoms with Gasteiger partial charge in [0.1, 0.15) is 0 Å². The minimum Gasteiger partial charge on any atom is -0.351 e. The number of likely N-dealkylation sites (N-methyl/N-ethyl adjacent to an activating group) is 1. The number of nitrogens with zero attached hydrogens (tertiary/aromatic N) is 2. The second-order valence-corrected chi connectivity index (χ2v) is 5.93. The van der Waals surface area contributed by atoms with Crippen LogP contribution in [0.25, 0.3) is 0 Å². The van der Waals surface area contributed by atoms with Crippen LogP contribution in [-0.2, 0) is 4.79 Å². The molecule has 0 spiro atoms. The normalized spacial score (nSPS) is 19.9. The smallest absolute Gasteiger partial charge is 0.240 e. The van der Waals surface area contributed by atoms with Crippen LogP contribution in [0.4, 0.5) is 0 Å². The van der Waals surface area contributed by atoms with E-state index in [9.17, 15) is 4.79 Å². The van der Waals surface area contributed by atoms with Crippen molar-refractivity contribution < 1.29 is 4.79 Å². The average Bonchev–Trinajstić information content (AvgIpc) is 2.28. The predicted octanol–water partition coefficient (Wildman–Crippen LogP) is -0.263. The van der Waals surface area contributed by atoms with Gasteiger partial charge in [0.25, 0.3) is 0 Å². The number of carbonyl (C=O) groups is 1. The third-order valence-electron chi connectivity index (χ3n) is 3.48. The van der Waals surface area contributed by atoms with Crippen LogP contribution in [0.1, 0.15) is 20.8 Å². The molecule has 106 valence electrons. The van der Waals surface area contributed by atoms with Gasteiger partial charge in [0, 0.05) is 38.8 Å². The first-order valence-corrected chi connectivity index (χ1v) is 6.75. The molecule has 0 aromatic rings. The summed E-state index contributed by atoms with van der Waals surface area (Å²) in [4.78, 5) is 16.7. The maximum Gasteiger partial charge on any atom is 0.240 e. The van der Waals surface area contributed by atoms with Crippen LogP contribution < -0.4 is 10.6 Å². The Morgan fingerprint density at radius 2 is 1.94 bits per heavy atom. The molecule has 1 aliphatic heterocycles. The zero-order valence-corrected chi connectivity index (χ0v) is 12.4. The van der Waals surface area contributed by atoms with Crippen LogP contribution in [0, 0.1) is 0 Å². The minimum absolute atomic E-state index is 0.124. The highest BCUT2D eigenvalue weighted by atomic mass is 16.2. The molecule has 1 saturated heterocycles. The molecule has 1 heterocycles. The third-order valence-corrected chi connectivity index (χ3v) is 3.48. The fourth-order valence-corrected chi connectivity index (χ4v) is 2.36. The van der Waals surface area contributed by atoms with E-state index < -0.39 is 5.54 Å². The van der Waals surface area contributed by atoms with Crippen LogP contribution in [0.15, 0.2) is 0 Å². The van der Waals surface area contributed by atoms with Crippen LogP contribution >= 0.6 is 0 Å². The highest BCUT2D eigenvalue weighted by Gasteiger charge is 2.35. The number of rotatable bonds is 5. The number of nitrogens with one attached hydrogen (secondary N) is 2. The molecule has 0 bridgehead atoms. The van der Waals surface area contributed by atoms with Gasteiger partial charge < -0.3 is 15.5 Å². The Bertz CT molecular complexity index is 272. The fraction of sp³-hybridized carbons (Fsp3) is 0.923. The van der Waals surface area contributed by atoms with Crippen LogP contribution in [0.5, 0.6) is 0 Å². The SMILES string of the molecule is CC(CN(C)C)NC(=O)C(C)(C)N1CCNCC1. The largest absolute Gasteiger partial charge is 0.351 e. The highest BCUT2D eigenvalue weighted by Crippen LogP contribution is 2.15. The van der Waals surface area contributed by atoms with E-state index in [1.54, 1.807) is 0 Å². The maximum atomic E-state index is 12.4. The van der Waals surface area contributed by atoms with Gasteiger partial charge in [-0.3, -0.25) is 9.69 Å². The van der Waals surface area contributed by atoms with Gasteiger partial charge >= 0.3 is 0 Å². The quantitative estimate of drug-likeness (QED) is 0.711. The van der Waals surface area contributed by atoms with Crippen molar-refractivity contribution in [1.29, 1.82) is 0 Å². The van der Waals surface area contributed by atoms with E-state index in [0.29, 0.717) is 0 Å². The maximum absolute atomic E-state index is 12.4. The summed E-state index contributed by atoms with van der Waals surface area (Å²) in [6.07, 6.45) is 0. The summed E-state index contributed by atoms with van der Waals surface area (Å²) in [5.74, 6) is 0.124. The molecule has 0 saturated carbocycles. The monoisotopic (exact) mass is 256 g/mol. The van der Waals surface area contributed by atoms with Gasteiger partial charge in [-0.1, -0.05) is 0 Å². The highest BCUT2D eigenvalue weighted by molar-refractivity contribution is 5.85. The van der Waals surface area contributed by atoms with Crippen LogP contribution in [0.2, 0.25) is 0 Å².